The van der Waals surface area contributed by atoms with Crippen molar-refractivity contribution in [2.45, 2.75) is 18.2 Å². The van der Waals surface area contributed by atoms with Crippen LogP contribution in [0, 0.1) is 6.92 Å². The first-order valence-corrected chi connectivity index (χ1v) is 12.1. The summed E-state index contributed by atoms with van der Waals surface area (Å²) in [6.45, 7) is 11.2. The standard InChI is InChI=1S/C25H29N7S/c1-4-11-32-24-20(7-5-10-26-24)23-22(33-32)17-27-25(29-23)28-19-8-9-21(18(2)16-19)31-13-6-12-30(3)14-15-31/h4-5,7-10,16-17H,1,6,11-15H2,2-3H3,(H,27,28,29). The Hall–Kier alpha value is -3.10. The second-order valence-electron chi connectivity index (χ2n) is 8.49. The molecule has 1 aromatic carbocycles. The number of hydrogen-bond acceptors (Lipinski definition) is 8. The van der Waals surface area contributed by atoms with Crippen LogP contribution in [0.4, 0.5) is 23.1 Å². The maximum Gasteiger partial charge on any atom is 0.227 e. The molecule has 5 rings (SSSR count). The Morgan fingerprint density at radius 3 is 2.91 bits per heavy atom. The molecule has 0 atom stereocenters. The third kappa shape index (κ3) is 4.54. The van der Waals surface area contributed by atoms with Gasteiger partial charge < -0.3 is 15.1 Å². The molecular formula is C25H29N7S. The minimum atomic E-state index is 0.588. The molecule has 0 aliphatic carbocycles. The minimum absolute atomic E-state index is 0.588. The fourth-order valence-electron chi connectivity index (χ4n) is 4.38. The predicted molar refractivity (Wildman–Crippen MR) is 137 cm³/mol. The molecule has 170 valence electrons. The molecule has 1 N–H and O–H groups in total. The van der Waals surface area contributed by atoms with Gasteiger partial charge in [-0.15, -0.1) is 6.58 Å². The van der Waals surface area contributed by atoms with E-state index in [0.29, 0.717) is 12.5 Å². The Morgan fingerprint density at radius 2 is 2.06 bits per heavy atom. The Morgan fingerprint density at radius 1 is 1.15 bits per heavy atom. The quantitative estimate of drug-likeness (QED) is 0.433. The van der Waals surface area contributed by atoms with Crippen molar-refractivity contribution < 1.29 is 0 Å². The summed E-state index contributed by atoms with van der Waals surface area (Å²) in [5, 5.41) is 3.40. The maximum atomic E-state index is 4.86. The van der Waals surface area contributed by atoms with Gasteiger partial charge in [0.1, 0.15) is 5.82 Å². The number of aromatic nitrogens is 3. The molecule has 4 heterocycles. The molecule has 2 aliphatic heterocycles. The highest BCUT2D eigenvalue weighted by atomic mass is 32.2. The number of nitrogens with one attached hydrogen (secondary N) is 1. The summed E-state index contributed by atoms with van der Waals surface area (Å²) in [5.41, 5.74) is 5.47. The van der Waals surface area contributed by atoms with Crippen molar-refractivity contribution in [2.75, 3.05) is 54.3 Å². The molecule has 7 nitrogen and oxygen atoms in total. The lowest BCUT2D eigenvalue weighted by Gasteiger charge is -2.28. The lowest BCUT2D eigenvalue weighted by Crippen LogP contribution is -2.29. The van der Waals surface area contributed by atoms with Gasteiger partial charge in [0.2, 0.25) is 5.95 Å². The van der Waals surface area contributed by atoms with Gasteiger partial charge >= 0.3 is 0 Å². The molecule has 0 bridgehead atoms. The first kappa shape index (κ1) is 21.7. The van der Waals surface area contributed by atoms with Gasteiger partial charge in [0, 0.05) is 55.5 Å². The summed E-state index contributed by atoms with van der Waals surface area (Å²) in [7, 11) is 2.20. The summed E-state index contributed by atoms with van der Waals surface area (Å²) in [6.07, 6.45) is 6.77. The Kier molecular flexibility index (Phi) is 6.20. The number of nitrogens with zero attached hydrogens (tertiary/aromatic N) is 6. The van der Waals surface area contributed by atoms with Crippen LogP contribution in [0.3, 0.4) is 0 Å². The smallest absolute Gasteiger partial charge is 0.227 e. The fourth-order valence-corrected chi connectivity index (χ4v) is 5.37. The first-order chi connectivity index (χ1) is 16.1. The zero-order valence-corrected chi connectivity index (χ0v) is 20.0. The van der Waals surface area contributed by atoms with E-state index in [2.05, 4.69) is 74.2 Å². The van der Waals surface area contributed by atoms with Crippen LogP contribution < -0.4 is 14.5 Å². The van der Waals surface area contributed by atoms with E-state index in [1.54, 1.807) is 11.9 Å². The van der Waals surface area contributed by atoms with Crippen molar-refractivity contribution in [3.63, 3.8) is 0 Å². The highest BCUT2D eigenvalue weighted by Crippen LogP contribution is 2.44. The molecule has 8 heteroatoms. The number of aryl methyl sites for hydroxylation is 1. The van der Waals surface area contributed by atoms with E-state index >= 15 is 0 Å². The van der Waals surface area contributed by atoms with Gasteiger partial charge in [0.05, 0.1) is 10.6 Å². The van der Waals surface area contributed by atoms with E-state index in [1.165, 1.54) is 17.7 Å². The average Bonchev–Trinajstić information content (AvgIpc) is 3.04. The van der Waals surface area contributed by atoms with E-state index < -0.39 is 0 Å². The molecule has 3 aromatic rings. The zero-order valence-electron chi connectivity index (χ0n) is 19.2. The Bertz CT molecular complexity index is 1170. The molecule has 0 saturated carbocycles. The summed E-state index contributed by atoms with van der Waals surface area (Å²) in [5.74, 6) is 1.49. The second kappa shape index (κ2) is 9.41. The van der Waals surface area contributed by atoms with Gasteiger partial charge in [-0.3, -0.25) is 4.31 Å². The van der Waals surface area contributed by atoms with E-state index in [1.807, 2.05) is 24.5 Å². The Balaban J connectivity index is 1.38. The molecular weight excluding hydrogens is 430 g/mol. The van der Waals surface area contributed by atoms with E-state index in [4.69, 9.17) is 4.98 Å². The van der Waals surface area contributed by atoms with Gasteiger partial charge in [-0.05, 0) is 74.8 Å². The van der Waals surface area contributed by atoms with Crippen molar-refractivity contribution >= 4 is 35.1 Å². The fraction of sp³-hybridized carbons (Fsp3) is 0.320. The van der Waals surface area contributed by atoms with Gasteiger partial charge in [-0.1, -0.05) is 6.08 Å². The number of likely N-dealkylation sites (N-methyl/N-ethyl adjacent to an activating group) is 1. The summed E-state index contributed by atoms with van der Waals surface area (Å²) in [4.78, 5) is 19.9. The van der Waals surface area contributed by atoms with Crippen LogP contribution in [0.2, 0.25) is 0 Å². The maximum absolute atomic E-state index is 4.86. The number of fused-ring (bicyclic) bond motifs is 3. The number of rotatable bonds is 5. The number of pyridine rings is 1. The van der Waals surface area contributed by atoms with Crippen LogP contribution in [-0.4, -0.2) is 59.6 Å². The molecule has 1 saturated heterocycles. The van der Waals surface area contributed by atoms with Crippen LogP contribution in [-0.2, 0) is 0 Å². The van der Waals surface area contributed by atoms with Crippen LogP contribution >= 0.6 is 11.9 Å². The monoisotopic (exact) mass is 459 g/mol. The molecule has 2 aromatic heterocycles. The van der Waals surface area contributed by atoms with Crippen LogP contribution in [0.25, 0.3) is 11.3 Å². The highest BCUT2D eigenvalue weighted by molar-refractivity contribution is 8.00. The molecule has 2 aliphatic rings. The first-order valence-electron chi connectivity index (χ1n) is 11.3. The summed E-state index contributed by atoms with van der Waals surface area (Å²) in [6, 6.07) is 10.5. The average molecular weight is 460 g/mol. The molecule has 0 spiro atoms. The molecule has 0 radical (unpaired) electrons. The molecule has 0 unspecified atom stereocenters. The summed E-state index contributed by atoms with van der Waals surface area (Å²) >= 11 is 1.60. The zero-order chi connectivity index (χ0) is 22.8. The topological polar surface area (TPSA) is 60.4 Å². The normalized spacial score (nSPS) is 16.1. The van der Waals surface area contributed by atoms with Crippen molar-refractivity contribution in [3.05, 3.63) is 60.9 Å². The van der Waals surface area contributed by atoms with Crippen molar-refractivity contribution in [1.29, 1.82) is 0 Å². The minimum Gasteiger partial charge on any atom is -0.370 e. The lowest BCUT2D eigenvalue weighted by atomic mass is 10.1. The molecule has 33 heavy (non-hydrogen) atoms. The van der Waals surface area contributed by atoms with Crippen LogP contribution in [0.5, 0.6) is 0 Å². The SMILES string of the molecule is C=CCN1Sc2cnc(Nc3ccc(N4CCCN(C)CC4)c(C)c3)nc2-c2cccnc21. The van der Waals surface area contributed by atoms with E-state index in [-0.39, 0.29) is 0 Å². The van der Waals surface area contributed by atoms with Crippen molar-refractivity contribution in [3.8, 4) is 11.3 Å². The second-order valence-corrected chi connectivity index (χ2v) is 9.56. The third-order valence-corrected chi connectivity index (χ3v) is 7.09. The Labute approximate surface area is 199 Å². The van der Waals surface area contributed by atoms with Crippen molar-refractivity contribution in [2.24, 2.45) is 0 Å². The highest BCUT2D eigenvalue weighted by Gasteiger charge is 2.25. The largest absolute Gasteiger partial charge is 0.370 e. The molecule has 1 fully saturated rings. The number of hydrogen-bond donors (Lipinski definition) is 1. The van der Waals surface area contributed by atoms with E-state index in [0.717, 1.165) is 53.8 Å². The summed E-state index contributed by atoms with van der Waals surface area (Å²) < 4.78 is 2.11. The number of benzene rings is 1. The van der Waals surface area contributed by atoms with Crippen LogP contribution in [0.15, 0.2) is 60.3 Å². The lowest BCUT2D eigenvalue weighted by molar-refractivity contribution is 0.360. The molecule has 0 amide bonds. The van der Waals surface area contributed by atoms with Crippen molar-refractivity contribution in [1.82, 2.24) is 19.9 Å². The van der Waals surface area contributed by atoms with Gasteiger partial charge in [-0.2, -0.15) is 0 Å². The predicted octanol–water partition coefficient (Wildman–Crippen LogP) is 4.75. The van der Waals surface area contributed by atoms with E-state index in [9.17, 15) is 0 Å². The third-order valence-electron chi connectivity index (χ3n) is 6.05. The van der Waals surface area contributed by atoms with Gasteiger partial charge in [0.15, 0.2) is 0 Å². The van der Waals surface area contributed by atoms with Crippen LogP contribution in [0.1, 0.15) is 12.0 Å². The van der Waals surface area contributed by atoms with Gasteiger partial charge in [-0.25, -0.2) is 15.0 Å². The van der Waals surface area contributed by atoms with Gasteiger partial charge in [0.25, 0.3) is 0 Å². The number of anilines is 4.